The van der Waals surface area contributed by atoms with Gasteiger partial charge < -0.3 is 19.5 Å². The molecule has 5 rings (SSSR count). The van der Waals surface area contributed by atoms with Crippen LogP contribution in [0.5, 0.6) is 5.75 Å². The molecule has 1 unspecified atom stereocenters. The van der Waals surface area contributed by atoms with Crippen molar-refractivity contribution in [2.45, 2.75) is 19.1 Å². The van der Waals surface area contributed by atoms with Crippen molar-refractivity contribution < 1.29 is 28.6 Å². The van der Waals surface area contributed by atoms with Gasteiger partial charge in [0, 0.05) is 31.7 Å². The first-order valence-corrected chi connectivity index (χ1v) is 14.1. The number of hydrogen-bond acceptors (Lipinski definition) is 6. The van der Waals surface area contributed by atoms with Crippen molar-refractivity contribution in [1.82, 2.24) is 9.80 Å². The first-order valence-electron chi connectivity index (χ1n) is 13.3. The molecule has 0 aromatic heterocycles. The normalized spacial score (nSPS) is 19.1. The Balaban J connectivity index is 1.39. The molecular weight excluding hydrogens is 570 g/mol. The van der Waals surface area contributed by atoms with E-state index in [1.54, 1.807) is 54.6 Å². The molecule has 3 aromatic carbocycles. The molecule has 10 heteroatoms. The van der Waals surface area contributed by atoms with Gasteiger partial charge in [-0.15, -0.1) is 0 Å². The van der Waals surface area contributed by atoms with E-state index in [-0.39, 0.29) is 28.8 Å². The average Bonchev–Trinajstić information content (AvgIpc) is 3.24. The van der Waals surface area contributed by atoms with Crippen LogP contribution in [0.4, 0.5) is 4.39 Å². The summed E-state index contributed by atoms with van der Waals surface area (Å²) < 4.78 is 24.3. The molecule has 41 heavy (non-hydrogen) atoms. The zero-order valence-corrected chi connectivity index (χ0v) is 23.7. The summed E-state index contributed by atoms with van der Waals surface area (Å²) in [7, 11) is 0. The van der Waals surface area contributed by atoms with Crippen molar-refractivity contribution in [1.29, 1.82) is 0 Å². The van der Waals surface area contributed by atoms with Crippen LogP contribution in [0.15, 0.2) is 72.3 Å². The van der Waals surface area contributed by atoms with Crippen molar-refractivity contribution in [3.8, 4) is 5.75 Å². The van der Waals surface area contributed by atoms with Crippen molar-refractivity contribution in [3.05, 3.63) is 105 Å². The third-order valence-corrected chi connectivity index (χ3v) is 7.96. The fraction of sp³-hybridized carbons (Fsp3) is 0.290. The number of Topliss-reactive ketones (excluding diaryl/α,β-unsaturated/α-hetero) is 1. The molecule has 3 aromatic rings. The number of likely N-dealkylation sites (tertiary alicyclic amines) is 1. The lowest BCUT2D eigenvalue weighted by Crippen LogP contribution is -2.38. The molecule has 7 nitrogen and oxygen atoms in total. The van der Waals surface area contributed by atoms with Gasteiger partial charge in [-0.05, 0) is 66.1 Å². The van der Waals surface area contributed by atoms with E-state index in [0.29, 0.717) is 48.1 Å². The van der Waals surface area contributed by atoms with Gasteiger partial charge in [0.1, 0.15) is 23.9 Å². The number of aliphatic hydroxyl groups excluding tert-OH is 1. The van der Waals surface area contributed by atoms with E-state index in [0.717, 1.165) is 25.2 Å². The summed E-state index contributed by atoms with van der Waals surface area (Å²) in [5.74, 6) is -1.53. The minimum atomic E-state index is -0.830. The Hall–Kier alpha value is -3.43. The van der Waals surface area contributed by atoms with Crippen LogP contribution < -0.4 is 4.74 Å². The monoisotopic (exact) mass is 598 g/mol. The standard InChI is InChI=1S/C31H29Cl2FN2O5/c32-25-11-6-22(18-26(25)33)28-27(30(38)31(39)36(28)13-1-12-35-14-16-40-17-15-35)29(37)21-4-9-24(10-5-21)41-19-20-2-7-23(34)8-3-20/h2-11,18,28,37H,1,12-17,19H2/b29-27+. The molecule has 2 aliphatic rings. The number of nitrogens with zero attached hydrogens (tertiary/aromatic N) is 2. The number of halogens is 3. The van der Waals surface area contributed by atoms with Crippen LogP contribution >= 0.6 is 23.2 Å². The summed E-state index contributed by atoms with van der Waals surface area (Å²) in [5.41, 5.74) is 1.72. The van der Waals surface area contributed by atoms with Gasteiger partial charge in [0.2, 0.25) is 0 Å². The fourth-order valence-electron chi connectivity index (χ4n) is 5.04. The Bertz CT molecular complexity index is 1440. The lowest BCUT2D eigenvalue weighted by Gasteiger charge is -2.29. The Morgan fingerprint density at radius 3 is 2.34 bits per heavy atom. The van der Waals surface area contributed by atoms with Crippen LogP contribution in [0.2, 0.25) is 10.0 Å². The number of aliphatic hydroxyl groups is 1. The summed E-state index contributed by atoms with van der Waals surface area (Å²) in [6, 6.07) is 16.7. The molecule has 1 atom stereocenters. The second kappa shape index (κ2) is 13.0. The summed E-state index contributed by atoms with van der Waals surface area (Å²) in [5, 5.41) is 12.0. The second-order valence-corrected chi connectivity index (χ2v) is 10.7. The molecular formula is C31H29Cl2FN2O5. The lowest BCUT2D eigenvalue weighted by atomic mass is 9.95. The zero-order chi connectivity index (χ0) is 28.9. The van der Waals surface area contributed by atoms with Gasteiger partial charge >= 0.3 is 0 Å². The van der Waals surface area contributed by atoms with Gasteiger partial charge in [-0.1, -0.05) is 41.4 Å². The fourth-order valence-corrected chi connectivity index (χ4v) is 5.35. The Labute approximate surface area is 247 Å². The van der Waals surface area contributed by atoms with Crippen molar-refractivity contribution in [3.63, 3.8) is 0 Å². The van der Waals surface area contributed by atoms with E-state index in [2.05, 4.69) is 4.90 Å². The molecule has 1 amide bonds. The predicted octanol–water partition coefficient (Wildman–Crippen LogP) is 5.86. The number of benzene rings is 3. The van der Waals surface area contributed by atoms with Gasteiger partial charge in [0.05, 0.1) is 34.9 Å². The van der Waals surface area contributed by atoms with Gasteiger partial charge in [-0.2, -0.15) is 0 Å². The smallest absolute Gasteiger partial charge is 0.295 e. The van der Waals surface area contributed by atoms with E-state index < -0.39 is 17.7 Å². The minimum Gasteiger partial charge on any atom is -0.507 e. The maximum Gasteiger partial charge on any atom is 0.295 e. The van der Waals surface area contributed by atoms with Crippen molar-refractivity contribution in [2.75, 3.05) is 39.4 Å². The van der Waals surface area contributed by atoms with E-state index in [9.17, 15) is 19.1 Å². The zero-order valence-electron chi connectivity index (χ0n) is 22.2. The van der Waals surface area contributed by atoms with Crippen LogP contribution in [0, 0.1) is 5.82 Å². The highest BCUT2D eigenvalue weighted by molar-refractivity contribution is 6.46. The second-order valence-electron chi connectivity index (χ2n) is 9.91. The predicted molar refractivity (Wildman–Crippen MR) is 155 cm³/mol. The van der Waals surface area contributed by atoms with Crippen LogP contribution in [-0.4, -0.2) is 66.0 Å². The number of hydrogen-bond donors (Lipinski definition) is 1. The Kier molecular flexibility index (Phi) is 9.25. The van der Waals surface area contributed by atoms with Crippen LogP contribution in [0.25, 0.3) is 5.76 Å². The highest BCUT2D eigenvalue weighted by Crippen LogP contribution is 2.41. The van der Waals surface area contributed by atoms with Gasteiger partial charge in [-0.25, -0.2) is 4.39 Å². The van der Waals surface area contributed by atoms with Gasteiger partial charge in [0.25, 0.3) is 11.7 Å². The summed E-state index contributed by atoms with van der Waals surface area (Å²) in [4.78, 5) is 30.3. The molecule has 0 bridgehead atoms. The molecule has 214 valence electrons. The average molecular weight is 599 g/mol. The number of carbonyl (C=O) groups is 2. The van der Waals surface area contributed by atoms with Gasteiger partial charge in [-0.3, -0.25) is 14.5 Å². The van der Waals surface area contributed by atoms with Crippen LogP contribution in [0.1, 0.15) is 29.2 Å². The van der Waals surface area contributed by atoms with Gasteiger partial charge in [0.15, 0.2) is 0 Å². The quantitative estimate of drug-likeness (QED) is 0.189. The SMILES string of the molecule is O=C1C(=O)N(CCCN2CCOCC2)C(c2ccc(Cl)c(Cl)c2)/C1=C(\O)c1ccc(OCc2ccc(F)cc2)cc1. The maximum atomic E-state index is 13.3. The minimum absolute atomic E-state index is 0.0141. The van der Waals surface area contributed by atoms with E-state index in [1.165, 1.54) is 17.0 Å². The number of rotatable bonds is 9. The molecule has 2 aliphatic heterocycles. The summed E-state index contributed by atoms with van der Waals surface area (Å²) in [6.07, 6.45) is 0.644. The highest BCUT2D eigenvalue weighted by Gasteiger charge is 2.46. The third kappa shape index (κ3) is 6.73. The number of ketones is 1. The molecule has 0 aliphatic carbocycles. The summed E-state index contributed by atoms with van der Waals surface area (Å²) >= 11 is 12.5. The molecule has 2 heterocycles. The van der Waals surface area contributed by atoms with Crippen LogP contribution in [0.3, 0.4) is 0 Å². The topological polar surface area (TPSA) is 79.3 Å². The number of amides is 1. The number of ether oxygens (including phenoxy) is 2. The number of carbonyl (C=O) groups excluding carboxylic acids is 2. The largest absolute Gasteiger partial charge is 0.507 e. The number of morpholine rings is 1. The maximum absolute atomic E-state index is 13.3. The summed E-state index contributed by atoms with van der Waals surface area (Å²) in [6.45, 7) is 4.28. The highest BCUT2D eigenvalue weighted by atomic mass is 35.5. The van der Waals surface area contributed by atoms with E-state index in [4.69, 9.17) is 32.7 Å². The molecule has 0 radical (unpaired) electrons. The third-order valence-electron chi connectivity index (χ3n) is 7.22. The van der Waals surface area contributed by atoms with Crippen molar-refractivity contribution >= 4 is 40.7 Å². The molecule has 2 saturated heterocycles. The van der Waals surface area contributed by atoms with E-state index in [1.807, 2.05) is 0 Å². The first-order chi connectivity index (χ1) is 19.8. The molecule has 1 N–H and O–H groups in total. The Morgan fingerprint density at radius 1 is 0.951 bits per heavy atom. The lowest BCUT2D eigenvalue weighted by molar-refractivity contribution is -0.140. The first kappa shape index (κ1) is 29.1. The van der Waals surface area contributed by atoms with Crippen LogP contribution in [-0.2, 0) is 20.9 Å². The van der Waals surface area contributed by atoms with E-state index >= 15 is 0 Å². The Morgan fingerprint density at radius 2 is 1.66 bits per heavy atom. The molecule has 2 fully saturated rings. The van der Waals surface area contributed by atoms with Crippen molar-refractivity contribution in [2.24, 2.45) is 0 Å². The molecule has 0 saturated carbocycles. The molecule has 0 spiro atoms.